The molecule has 0 amide bonds. The molecular formula is C10H15N3O2. The molecule has 1 N–H and O–H groups in total. The first-order chi connectivity index (χ1) is 7.35. The Morgan fingerprint density at radius 1 is 1.53 bits per heavy atom. The molecule has 0 saturated carbocycles. The van der Waals surface area contributed by atoms with Crippen molar-refractivity contribution in [1.82, 2.24) is 9.97 Å². The molecule has 82 valence electrons. The van der Waals surface area contributed by atoms with Crippen LogP contribution in [0.25, 0.3) is 0 Å². The van der Waals surface area contributed by atoms with Gasteiger partial charge in [0.05, 0.1) is 32.2 Å². The van der Waals surface area contributed by atoms with Crippen LogP contribution >= 0.6 is 0 Å². The van der Waals surface area contributed by atoms with E-state index >= 15 is 0 Å². The van der Waals surface area contributed by atoms with E-state index in [0.717, 1.165) is 19.4 Å². The highest BCUT2D eigenvalue weighted by Crippen LogP contribution is 2.22. The van der Waals surface area contributed by atoms with E-state index in [9.17, 15) is 5.11 Å². The maximum absolute atomic E-state index is 9.18. The minimum Gasteiger partial charge on any atom is -0.494 e. The molecule has 0 radical (unpaired) electrons. The van der Waals surface area contributed by atoms with Crippen molar-refractivity contribution in [2.45, 2.75) is 18.9 Å². The molecule has 1 atom stereocenters. The summed E-state index contributed by atoms with van der Waals surface area (Å²) >= 11 is 0. The third kappa shape index (κ3) is 2.02. The number of anilines is 1. The van der Waals surface area contributed by atoms with Crippen molar-refractivity contribution in [2.24, 2.45) is 0 Å². The molecule has 1 fully saturated rings. The first-order valence-corrected chi connectivity index (χ1v) is 5.08. The number of aliphatic hydroxyl groups excluding tert-OH is 1. The Morgan fingerprint density at radius 3 is 2.87 bits per heavy atom. The van der Waals surface area contributed by atoms with Crippen molar-refractivity contribution < 1.29 is 9.84 Å². The monoisotopic (exact) mass is 209 g/mol. The quantitative estimate of drug-likeness (QED) is 0.783. The van der Waals surface area contributed by atoms with Crippen LogP contribution in [0, 0.1) is 0 Å². The molecular weight excluding hydrogens is 194 g/mol. The van der Waals surface area contributed by atoms with E-state index in [1.54, 1.807) is 19.5 Å². The number of aromatic nitrogens is 2. The largest absolute Gasteiger partial charge is 0.494 e. The van der Waals surface area contributed by atoms with Gasteiger partial charge in [0.1, 0.15) is 0 Å². The first-order valence-electron chi connectivity index (χ1n) is 5.08. The number of ether oxygens (including phenoxy) is 1. The molecule has 1 aliphatic heterocycles. The second-order valence-electron chi connectivity index (χ2n) is 3.59. The van der Waals surface area contributed by atoms with E-state index in [1.165, 1.54) is 0 Å². The predicted molar refractivity (Wildman–Crippen MR) is 56.0 cm³/mol. The van der Waals surface area contributed by atoms with Crippen molar-refractivity contribution in [3.63, 3.8) is 0 Å². The van der Waals surface area contributed by atoms with Crippen LogP contribution in [0.3, 0.4) is 0 Å². The van der Waals surface area contributed by atoms with Gasteiger partial charge in [-0.1, -0.05) is 0 Å². The molecule has 1 saturated heterocycles. The van der Waals surface area contributed by atoms with Gasteiger partial charge in [0, 0.05) is 6.54 Å². The highest BCUT2D eigenvalue weighted by atomic mass is 16.5. The summed E-state index contributed by atoms with van der Waals surface area (Å²) in [5, 5.41) is 9.18. The average Bonchev–Trinajstić information content (AvgIpc) is 2.77. The van der Waals surface area contributed by atoms with Crippen molar-refractivity contribution >= 4 is 5.95 Å². The average molecular weight is 209 g/mol. The minimum absolute atomic E-state index is 0.162. The molecule has 1 aromatic rings. The summed E-state index contributed by atoms with van der Waals surface area (Å²) < 4.78 is 4.99. The summed E-state index contributed by atoms with van der Waals surface area (Å²) in [7, 11) is 1.59. The standard InChI is InChI=1S/C10H15N3O2/c1-15-9-5-11-10(12-6-9)13-4-2-3-8(13)7-14/h5-6,8,14H,2-4,7H2,1H3. The molecule has 5 heteroatoms. The van der Waals surface area contributed by atoms with Crippen LogP contribution in [0.2, 0.25) is 0 Å². The van der Waals surface area contributed by atoms with Gasteiger partial charge in [-0.15, -0.1) is 0 Å². The van der Waals surface area contributed by atoms with Gasteiger partial charge in [0.15, 0.2) is 5.75 Å². The van der Waals surface area contributed by atoms with Crippen LogP contribution in [-0.4, -0.2) is 41.4 Å². The van der Waals surface area contributed by atoms with Crippen molar-refractivity contribution in [3.8, 4) is 5.75 Å². The van der Waals surface area contributed by atoms with E-state index < -0.39 is 0 Å². The number of methoxy groups -OCH3 is 1. The molecule has 2 heterocycles. The SMILES string of the molecule is COc1cnc(N2CCCC2CO)nc1. The Bertz CT molecular complexity index is 315. The summed E-state index contributed by atoms with van der Waals surface area (Å²) in [5.74, 6) is 1.32. The van der Waals surface area contributed by atoms with Gasteiger partial charge in [-0.3, -0.25) is 0 Å². The maximum Gasteiger partial charge on any atom is 0.225 e. The maximum atomic E-state index is 9.18. The van der Waals surface area contributed by atoms with Gasteiger partial charge < -0.3 is 14.7 Å². The Hall–Kier alpha value is -1.36. The van der Waals surface area contributed by atoms with Crippen LogP contribution in [0.4, 0.5) is 5.95 Å². The number of nitrogens with zero attached hydrogens (tertiary/aromatic N) is 3. The zero-order chi connectivity index (χ0) is 10.7. The Kier molecular flexibility index (Phi) is 3.01. The Morgan fingerprint density at radius 2 is 2.27 bits per heavy atom. The highest BCUT2D eigenvalue weighted by Gasteiger charge is 2.25. The summed E-state index contributed by atoms with van der Waals surface area (Å²) in [4.78, 5) is 10.5. The van der Waals surface area contributed by atoms with E-state index in [0.29, 0.717) is 11.7 Å². The van der Waals surface area contributed by atoms with Gasteiger partial charge in [-0.2, -0.15) is 0 Å². The second kappa shape index (κ2) is 4.44. The minimum atomic E-state index is 0.162. The molecule has 0 aromatic carbocycles. The van der Waals surface area contributed by atoms with Gasteiger partial charge in [0.25, 0.3) is 0 Å². The highest BCUT2D eigenvalue weighted by molar-refractivity contribution is 5.34. The van der Waals surface area contributed by atoms with E-state index in [1.807, 2.05) is 4.90 Å². The van der Waals surface area contributed by atoms with Crippen molar-refractivity contribution in [2.75, 3.05) is 25.2 Å². The van der Waals surface area contributed by atoms with Crippen LogP contribution < -0.4 is 9.64 Å². The summed E-state index contributed by atoms with van der Waals surface area (Å²) in [5.41, 5.74) is 0. The summed E-state index contributed by atoms with van der Waals surface area (Å²) in [6, 6.07) is 0.165. The normalized spacial score (nSPS) is 20.7. The number of rotatable bonds is 3. The van der Waals surface area contributed by atoms with Crippen LogP contribution in [0.5, 0.6) is 5.75 Å². The number of aliphatic hydroxyl groups is 1. The third-order valence-electron chi connectivity index (χ3n) is 2.70. The fourth-order valence-electron chi connectivity index (χ4n) is 1.85. The number of hydrogen-bond acceptors (Lipinski definition) is 5. The van der Waals surface area contributed by atoms with Crippen LogP contribution in [0.15, 0.2) is 12.4 Å². The molecule has 1 aliphatic rings. The van der Waals surface area contributed by atoms with Gasteiger partial charge in [0.2, 0.25) is 5.95 Å². The molecule has 1 unspecified atom stereocenters. The Labute approximate surface area is 88.7 Å². The van der Waals surface area contributed by atoms with Gasteiger partial charge >= 0.3 is 0 Å². The van der Waals surface area contributed by atoms with Gasteiger partial charge in [-0.25, -0.2) is 9.97 Å². The van der Waals surface area contributed by atoms with E-state index in [-0.39, 0.29) is 12.6 Å². The molecule has 0 bridgehead atoms. The Balaban J connectivity index is 2.14. The lowest BCUT2D eigenvalue weighted by Gasteiger charge is -2.22. The molecule has 1 aromatic heterocycles. The molecule has 0 aliphatic carbocycles. The second-order valence-corrected chi connectivity index (χ2v) is 3.59. The predicted octanol–water partition coefficient (Wildman–Crippen LogP) is 0.446. The third-order valence-corrected chi connectivity index (χ3v) is 2.70. The lowest BCUT2D eigenvalue weighted by atomic mass is 10.2. The number of hydrogen-bond donors (Lipinski definition) is 1. The summed E-state index contributed by atoms with van der Waals surface area (Å²) in [6.07, 6.45) is 5.39. The lowest BCUT2D eigenvalue weighted by molar-refractivity contribution is 0.265. The first kappa shape index (κ1) is 10.2. The smallest absolute Gasteiger partial charge is 0.225 e. The molecule has 2 rings (SSSR count). The van der Waals surface area contributed by atoms with E-state index in [4.69, 9.17) is 4.74 Å². The van der Waals surface area contributed by atoms with Crippen LogP contribution in [-0.2, 0) is 0 Å². The fourth-order valence-corrected chi connectivity index (χ4v) is 1.85. The topological polar surface area (TPSA) is 58.5 Å². The van der Waals surface area contributed by atoms with Crippen LogP contribution in [0.1, 0.15) is 12.8 Å². The zero-order valence-electron chi connectivity index (χ0n) is 8.76. The van der Waals surface area contributed by atoms with Gasteiger partial charge in [-0.05, 0) is 12.8 Å². The summed E-state index contributed by atoms with van der Waals surface area (Å²) in [6.45, 7) is 1.08. The molecule has 0 spiro atoms. The molecule has 5 nitrogen and oxygen atoms in total. The fraction of sp³-hybridized carbons (Fsp3) is 0.600. The lowest BCUT2D eigenvalue weighted by Crippen LogP contribution is -2.33. The molecule has 15 heavy (non-hydrogen) atoms. The van der Waals surface area contributed by atoms with E-state index in [2.05, 4.69) is 9.97 Å². The van der Waals surface area contributed by atoms with Crippen molar-refractivity contribution in [3.05, 3.63) is 12.4 Å². The zero-order valence-corrected chi connectivity index (χ0v) is 8.76. The van der Waals surface area contributed by atoms with Crippen molar-refractivity contribution in [1.29, 1.82) is 0 Å².